The van der Waals surface area contributed by atoms with Crippen LogP contribution in [0.3, 0.4) is 0 Å². The van der Waals surface area contributed by atoms with Gasteiger partial charge in [0.15, 0.2) is 0 Å². The third-order valence-electron chi connectivity index (χ3n) is 8.75. The molecule has 3 heterocycles. The minimum Gasteiger partial charge on any atom is -0.341 e. The van der Waals surface area contributed by atoms with Crippen LogP contribution in [0.25, 0.3) is 10.9 Å². The quantitative estimate of drug-likeness (QED) is 0.727. The van der Waals surface area contributed by atoms with Gasteiger partial charge in [0, 0.05) is 55.9 Å². The average Bonchev–Trinajstić information content (AvgIpc) is 3.16. The van der Waals surface area contributed by atoms with Crippen LogP contribution in [0, 0.1) is 0 Å². The molecule has 1 saturated carbocycles. The van der Waals surface area contributed by atoms with Crippen LogP contribution in [0.1, 0.15) is 73.7 Å². The second-order valence-corrected chi connectivity index (χ2v) is 10.7. The van der Waals surface area contributed by atoms with Gasteiger partial charge < -0.3 is 14.4 Å². The number of rotatable bonds is 3. The molecule has 0 bridgehead atoms. The number of carbonyl (C=O) groups excluding carboxylic acids is 1. The van der Waals surface area contributed by atoms with Crippen molar-refractivity contribution in [2.45, 2.75) is 69.9 Å². The van der Waals surface area contributed by atoms with Crippen molar-refractivity contribution in [1.82, 2.24) is 19.3 Å². The first-order valence-electron chi connectivity index (χ1n) is 13.0. The summed E-state index contributed by atoms with van der Waals surface area (Å²) in [5, 5.41) is 1.49. The number of piperazine rings is 1. The highest BCUT2D eigenvalue weighted by Gasteiger charge is 2.37. The van der Waals surface area contributed by atoms with Crippen molar-refractivity contribution in [3.8, 4) is 0 Å². The molecule has 32 heavy (non-hydrogen) atoms. The van der Waals surface area contributed by atoms with Gasteiger partial charge in [0.2, 0.25) is 5.91 Å². The van der Waals surface area contributed by atoms with Crippen LogP contribution in [0.2, 0.25) is 0 Å². The summed E-state index contributed by atoms with van der Waals surface area (Å²) >= 11 is 0. The molecule has 0 unspecified atom stereocenters. The van der Waals surface area contributed by atoms with Gasteiger partial charge in [-0.05, 0) is 68.3 Å². The molecule has 2 aliphatic carbocycles. The van der Waals surface area contributed by atoms with Crippen molar-refractivity contribution < 1.29 is 4.79 Å². The van der Waals surface area contributed by atoms with E-state index in [4.69, 9.17) is 0 Å². The van der Waals surface area contributed by atoms with E-state index < -0.39 is 0 Å². The largest absolute Gasteiger partial charge is 0.341 e. The fourth-order valence-corrected chi connectivity index (χ4v) is 6.90. The van der Waals surface area contributed by atoms with Crippen molar-refractivity contribution in [2.75, 3.05) is 46.3 Å². The molecular formula is C27H38N4O. The van der Waals surface area contributed by atoms with E-state index >= 15 is 0 Å². The van der Waals surface area contributed by atoms with Crippen molar-refractivity contribution in [3.05, 3.63) is 35.0 Å². The number of aryl methyl sites for hydroxylation is 1. The van der Waals surface area contributed by atoms with Crippen molar-refractivity contribution in [2.24, 2.45) is 0 Å². The molecule has 1 saturated heterocycles. The summed E-state index contributed by atoms with van der Waals surface area (Å²) in [5.41, 5.74) is 5.98. The number of nitrogens with zero attached hydrogens (tertiary/aromatic N) is 4. The third kappa shape index (κ3) is 3.58. The van der Waals surface area contributed by atoms with E-state index in [0.29, 0.717) is 12.5 Å². The maximum atomic E-state index is 13.4. The Kier molecular flexibility index (Phi) is 5.50. The Morgan fingerprint density at radius 1 is 0.938 bits per heavy atom. The number of likely N-dealkylation sites (N-methyl/N-ethyl adjacent to an activating group) is 1. The number of carbonyl (C=O) groups is 1. The Morgan fingerprint density at radius 2 is 1.75 bits per heavy atom. The number of hydrogen-bond donors (Lipinski definition) is 0. The van der Waals surface area contributed by atoms with Gasteiger partial charge in [-0.1, -0.05) is 25.3 Å². The van der Waals surface area contributed by atoms with Gasteiger partial charge in [-0.3, -0.25) is 9.69 Å². The van der Waals surface area contributed by atoms with Crippen molar-refractivity contribution in [1.29, 1.82) is 0 Å². The van der Waals surface area contributed by atoms with Crippen LogP contribution in [-0.2, 0) is 17.8 Å². The minimum absolute atomic E-state index is 0.276. The van der Waals surface area contributed by atoms with E-state index in [2.05, 4.69) is 44.5 Å². The van der Waals surface area contributed by atoms with Gasteiger partial charge in [0.1, 0.15) is 0 Å². The van der Waals surface area contributed by atoms with E-state index in [1.807, 2.05) is 0 Å². The monoisotopic (exact) mass is 434 g/mol. The van der Waals surface area contributed by atoms with Crippen molar-refractivity contribution >= 4 is 16.8 Å². The van der Waals surface area contributed by atoms with Crippen molar-refractivity contribution in [3.63, 3.8) is 0 Å². The smallest absolute Gasteiger partial charge is 0.237 e. The van der Waals surface area contributed by atoms with Crippen LogP contribution in [0.4, 0.5) is 0 Å². The van der Waals surface area contributed by atoms with E-state index in [9.17, 15) is 4.79 Å². The first kappa shape index (κ1) is 20.7. The maximum absolute atomic E-state index is 13.4. The lowest BCUT2D eigenvalue weighted by atomic mass is 9.83. The van der Waals surface area contributed by atoms with Crippen LogP contribution >= 0.6 is 0 Å². The van der Waals surface area contributed by atoms with E-state index in [0.717, 1.165) is 51.6 Å². The summed E-state index contributed by atoms with van der Waals surface area (Å²) in [6, 6.07) is 7.62. The molecule has 1 amide bonds. The summed E-state index contributed by atoms with van der Waals surface area (Å²) in [6.07, 6.45) is 10.4. The molecule has 4 aliphatic rings. The van der Waals surface area contributed by atoms with Gasteiger partial charge in [-0.25, -0.2) is 0 Å². The molecule has 1 atom stereocenters. The highest BCUT2D eigenvalue weighted by molar-refractivity contribution is 5.88. The van der Waals surface area contributed by atoms with Gasteiger partial charge in [0.25, 0.3) is 0 Å². The average molecular weight is 435 g/mol. The number of aromatic nitrogens is 1. The lowest BCUT2D eigenvalue weighted by Crippen LogP contribution is -2.51. The molecule has 5 nitrogen and oxygen atoms in total. The number of benzene rings is 1. The normalized spacial score (nSPS) is 25.3. The van der Waals surface area contributed by atoms with Crippen LogP contribution in [0.15, 0.2) is 18.2 Å². The van der Waals surface area contributed by atoms with Gasteiger partial charge in [0.05, 0.1) is 12.6 Å². The van der Waals surface area contributed by atoms with E-state index in [1.54, 1.807) is 11.1 Å². The second kappa shape index (κ2) is 8.49. The zero-order chi connectivity index (χ0) is 21.7. The molecule has 172 valence electrons. The Balaban J connectivity index is 1.29. The number of amides is 1. The lowest BCUT2D eigenvalue weighted by molar-refractivity contribution is -0.136. The second-order valence-electron chi connectivity index (χ2n) is 10.7. The molecule has 2 aliphatic heterocycles. The molecular weight excluding hydrogens is 396 g/mol. The summed E-state index contributed by atoms with van der Waals surface area (Å²) in [6.45, 7) is 6.55. The van der Waals surface area contributed by atoms with Crippen LogP contribution < -0.4 is 0 Å². The molecule has 6 rings (SSSR count). The maximum Gasteiger partial charge on any atom is 0.237 e. The standard InChI is InChI=1S/C27H38N4O/c1-28-12-14-29(15-13-28)19-26(32)30-16-17-31-24-11-10-21(20-6-3-2-4-7-20)18-23(24)22-8-5-9-25(30)27(22)31/h10-11,18,20,25H,2-9,12-17,19H2,1H3/t25-/m1/s1. The molecule has 5 heteroatoms. The van der Waals surface area contributed by atoms with Gasteiger partial charge in [-0.15, -0.1) is 0 Å². The number of hydrogen-bond acceptors (Lipinski definition) is 3. The fraction of sp³-hybridized carbons (Fsp3) is 0.667. The number of fused-ring (bicyclic) bond motifs is 3. The highest BCUT2D eigenvalue weighted by atomic mass is 16.2. The van der Waals surface area contributed by atoms with Crippen LogP contribution in [-0.4, -0.2) is 71.5 Å². The molecule has 2 fully saturated rings. The predicted octanol–water partition coefficient (Wildman–Crippen LogP) is 4.16. The summed E-state index contributed by atoms with van der Waals surface area (Å²) in [4.78, 5) is 20.3. The lowest BCUT2D eigenvalue weighted by Gasteiger charge is -2.41. The summed E-state index contributed by atoms with van der Waals surface area (Å²) < 4.78 is 2.57. The minimum atomic E-state index is 0.276. The zero-order valence-electron chi connectivity index (χ0n) is 19.7. The Hall–Kier alpha value is -1.85. The van der Waals surface area contributed by atoms with E-state index in [1.165, 1.54) is 61.5 Å². The Bertz CT molecular complexity index is 997. The fourth-order valence-electron chi connectivity index (χ4n) is 6.90. The predicted molar refractivity (Wildman–Crippen MR) is 129 cm³/mol. The molecule has 0 N–H and O–H groups in total. The van der Waals surface area contributed by atoms with Crippen LogP contribution in [0.5, 0.6) is 0 Å². The summed E-state index contributed by atoms with van der Waals surface area (Å²) in [7, 11) is 2.17. The summed E-state index contributed by atoms with van der Waals surface area (Å²) in [5.74, 6) is 1.09. The Morgan fingerprint density at radius 3 is 2.56 bits per heavy atom. The zero-order valence-corrected chi connectivity index (χ0v) is 19.7. The Labute approximate surface area is 192 Å². The topological polar surface area (TPSA) is 31.7 Å². The molecule has 1 aromatic carbocycles. The molecule has 0 spiro atoms. The highest BCUT2D eigenvalue weighted by Crippen LogP contribution is 2.44. The van der Waals surface area contributed by atoms with E-state index in [-0.39, 0.29) is 6.04 Å². The molecule has 2 aromatic rings. The molecule has 0 radical (unpaired) electrons. The SMILES string of the molecule is CN1CCN(CC(=O)N2CCn3c4c(c5cc(C6CCCCC6)ccc53)CCC[C@H]42)CC1. The van der Waals surface area contributed by atoms with Gasteiger partial charge in [-0.2, -0.15) is 0 Å². The molecule has 1 aromatic heterocycles. The first-order valence-corrected chi connectivity index (χ1v) is 13.0. The first-order chi connectivity index (χ1) is 15.7. The van der Waals surface area contributed by atoms with Gasteiger partial charge >= 0.3 is 0 Å². The third-order valence-corrected chi connectivity index (χ3v) is 8.75.